The summed E-state index contributed by atoms with van der Waals surface area (Å²) in [5, 5.41) is 36.2. The van der Waals surface area contributed by atoms with Gasteiger partial charge in [0.25, 0.3) is 0 Å². The smallest absolute Gasteiger partial charge is 0.335 e. The number of carbonyl (C=O) groups excluding carboxylic acids is 2. The number of aliphatic hydroxyl groups is 2. The van der Waals surface area contributed by atoms with Gasteiger partial charge in [-0.25, -0.2) is 9.59 Å². The van der Waals surface area contributed by atoms with Gasteiger partial charge >= 0.3 is 17.6 Å². The number of amides is 1. The van der Waals surface area contributed by atoms with Crippen LogP contribution < -0.4 is 22.4 Å². The molecule has 0 aliphatic heterocycles. The molecule has 13 heteroatoms. The number of hydrogen-bond donors (Lipinski definition) is 6. The molecule has 0 aromatic carbocycles. The van der Waals surface area contributed by atoms with E-state index in [1.165, 1.54) is 12.3 Å². The number of carboxylic acids is 1. The van der Waals surface area contributed by atoms with Crippen LogP contribution in [0, 0.1) is 28.6 Å². The summed E-state index contributed by atoms with van der Waals surface area (Å²) in [4.78, 5) is 52.0. The summed E-state index contributed by atoms with van der Waals surface area (Å²) in [5.41, 5.74) is 9.38. The number of nitrogens with zero attached hydrogens (tertiary/aromatic N) is 1. The Labute approximate surface area is 287 Å². The molecule has 49 heavy (non-hydrogen) atoms. The van der Waals surface area contributed by atoms with Crippen LogP contribution in [0.1, 0.15) is 115 Å². The molecule has 1 amide bonds. The van der Waals surface area contributed by atoms with Crippen LogP contribution >= 0.6 is 0 Å². The summed E-state index contributed by atoms with van der Waals surface area (Å²) in [7, 11) is 0. The zero-order valence-corrected chi connectivity index (χ0v) is 28.8. The Morgan fingerprint density at radius 1 is 1.08 bits per heavy atom. The molecule has 0 saturated heterocycles. The molecule has 4 saturated carbocycles. The van der Waals surface area contributed by atoms with Gasteiger partial charge in [-0.15, -0.1) is 0 Å². The number of nitrogens with two attached hydrogens (primary N) is 2. The molecule has 8 N–H and O–H groups in total. The average Bonchev–Trinajstić information content (AvgIpc) is 3.31. The van der Waals surface area contributed by atoms with E-state index in [2.05, 4.69) is 24.2 Å². The molecule has 1 heterocycles. The van der Waals surface area contributed by atoms with E-state index in [4.69, 9.17) is 20.6 Å². The number of guanidine groups is 1. The first-order valence-corrected chi connectivity index (χ1v) is 17.9. The van der Waals surface area contributed by atoms with Crippen LogP contribution in [-0.2, 0) is 19.1 Å². The normalized spacial score (nSPS) is 35.6. The number of esters is 1. The molecule has 10 unspecified atom stereocenters. The molecule has 1 aromatic rings. The second kappa shape index (κ2) is 14.8. The van der Waals surface area contributed by atoms with Gasteiger partial charge in [0.05, 0.1) is 18.0 Å². The highest BCUT2D eigenvalue weighted by molar-refractivity contribution is 5.83. The molecule has 1 aromatic heterocycles. The maximum atomic E-state index is 12.8. The number of rotatable bonds is 13. The van der Waals surface area contributed by atoms with E-state index in [9.17, 15) is 34.5 Å². The number of aliphatic carboxylic acids is 1. The maximum Gasteiger partial charge on any atom is 0.335 e. The summed E-state index contributed by atoms with van der Waals surface area (Å²) < 4.78 is 11.1. The van der Waals surface area contributed by atoms with Gasteiger partial charge in [0, 0.05) is 30.9 Å². The van der Waals surface area contributed by atoms with Gasteiger partial charge in [0.15, 0.2) is 5.96 Å². The van der Waals surface area contributed by atoms with Crippen molar-refractivity contribution in [3.05, 3.63) is 34.4 Å². The van der Waals surface area contributed by atoms with Crippen molar-refractivity contribution < 1.29 is 38.9 Å². The molecule has 0 radical (unpaired) electrons. The molecular formula is C36H54N4O9. The van der Waals surface area contributed by atoms with Crippen LogP contribution in [0.3, 0.4) is 0 Å². The first-order chi connectivity index (χ1) is 23.2. The third-order valence-electron chi connectivity index (χ3n) is 12.8. The first-order valence-electron chi connectivity index (χ1n) is 17.9. The molecule has 272 valence electrons. The maximum absolute atomic E-state index is 12.8. The molecule has 4 aliphatic rings. The zero-order chi connectivity index (χ0) is 35.6. The lowest BCUT2D eigenvalue weighted by Crippen LogP contribution is -2.66. The lowest BCUT2D eigenvalue weighted by molar-refractivity contribution is -0.240. The van der Waals surface area contributed by atoms with Crippen LogP contribution in [0.5, 0.6) is 0 Å². The zero-order valence-electron chi connectivity index (χ0n) is 28.8. The van der Waals surface area contributed by atoms with Crippen LogP contribution in [-0.4, -0.2) is 69.5 Å². The van der Waals surface area contributed by atoms with Crippen LogP contribution in [0.15, 0.2) is 32.6 Å². The highest BCUT2D eigenvalue weighted by atomic mass is 16.5. The van der Waals surface area contributed by atoms with E-state index in [-0.39, 0.29) is 78.8 Å². The van der Waals surface area contributed by atoms with Gasteiger partial charge in [-0.2, -0.15) is 0 Å². The Kier molecular flexibility index (Phi) is 11.1. The van der Waals surface area contributed by atoms with Gasteiger partial charge in [-0.05, 0) is 118 Å². The predicted molar refractivity (Wildman–Crippen MR) is 180 cm³/mol. The lowest BCUT2D eigenvalue weighted by atomic mass is 9.42. The van der Waals surface area contributed by atoms with Gasteiger partial charge in [0.2, 0.25) is 5.91 Å². The predicted octanol–water partition coefficient (Wildman–Crippen LogP) is 2.95. The van der Waals surface area contributed by atoms with Crippen molar-refractivity contribution in [3.63, 3.8) is 0 Å². The molecular weight excluding hydrogens is 632 g/mol. The number of hydrogen-bond acceptors (Lipinski definition) is 9. The number of carboxylic acid groups (broad SMARTS) is 1. The van der Waals surface area contributed by atoms with Gasteiger partial charge < -0.3 is 41.3 Å². The Bertz CT molecular complexity index is 1440. The second-order valence-corrected chi connectivity index (χ2v) is 15.5. The van der Waals surface area contributed by atoms with Gasteiger partial charge in [-0.3, -0.25) is 14.6 Å². The fourth-order valence-electron chi connectivity index (χ4n) is 10.3. The summed E-state index contributed by atoms with van der Waals surface area (Å²) >= 11 is 0. The minimum atomic E-state index is -1.13. The number of carbonyl (C=O) groups is 3. The topological polar surface area (TPSA) is 228 Å². The summed E-state index contributed by atoms with van der Waals surface area (Å²) in [5.74, 6) is -1.75. The molecule has 10 atom stereocenters. The monoisotopic (exact) mass is 686 g/mol. The van der Waals surface area contributed by atoms with E-state index in [0.717, 1.165) is 37.7 Å². The van der Waals surface area contributed by atoms with Crippen LogP contribution in [0.2, 0.25) is 0 Å². The van der Waals surface area contributed by atoms with E-state index < -0.39 is 34.8 Å². The number of fused-ring (bicyclic) bond motifs is 5. The average molecular weight is 687 g/mol. The lowest BCUT2D eigenvalue weighted by Gasteiger charge is -2.65. The van der Waals surface area contributed by atoms with Crippen molar-refractivity contribution in [2.75, 3.05) is 6.54 Å². The second-order valence-electron chi connectivity index (χ2n) is 15.5. The number of aliphatic hydroxyl groups excluding tert-OH is 1. The molecule has 13 nitrogen and oxygen atoms in total. The summed E-state index contributed by atoms with van der Waals surface area (Å²) in [6, 6.07) is 2.19. The molecule has 5 rings (SSSR count). The van der Waals surface area contributed by atoms with Crippen molar-refractivity contribution in [1.82, 2.24) is 5.32 Å². The molecule has 0 spiro atoms. The SMILES string of the molecule is CC12CCC(OC(=O)CCCCC(=O)NC(CCCN=C(N)N)C(=O)O)CC1CCC1C2C(O)CC2(C)C(c3ccc(=O)oc3)CCC12O. The Morgan fingerprint density at radius 3 is 2.53 bits per heavy atom. The molecule has 4 fully saturated rings. The van der Waals surface area contributed by atoms with E-state index in [1.54, 1.807) is 6.07 Å². The van der Waals surface area contributed by atoms with Crippen molar-refractivity contribution >= 4 is 23.8 Å². The Morgan fingerprint density at radius 2 is 1.84 bits per heavy atom. The van der Waals surface area contributed by atoms with E-state index in [0.29, 0.717) is 38.5 Å². The summed E-state index contributed by atoms with van der Waals surface area (Å²) in [6.45, 7) is 4.62. The summed E-state index contributed by atoms with van der Waals surface area (Å²) in [6.07, 6.45) is 8.27. The Hall–Kier alpha value is -3.45. The van der Waals surface area contributed by atoms with Crippen LogP contribution in [0.25, 0.3) is 0 Å². The molecule has 0 bridgehead atoms. The fourth-order valence-corrected chi connectivity index (χ4v) is 10.3. The van der Waals surface area contributed by atoms with Crippen molar-refractivity contribution in [1.29, 1.82) is 0 Å². The fraction of sp³-hybridized carbons (Fsp3) is 0.750. The van der Waals surface area contributed by atoms with E-state index >= 15 is 0 Å². The number of nitrogens with one attached hydrogen (secondary N) is 1. The standard InChI is InChI=1S/C36H54N4O9/c1-34-15-13-23(49-30(44)8-4-3-7-28(42)40-26(32(45)46)6-5-17-39-33(37)38)18-22(34)10-11-25-31(34)27(41)19-35(2)24(14-16-36(25,35)47)21-9-12-29(43)48-20-21/h9,12,20,22-27,31,41,47H,3-8,10-11,13-19H2,1-2H3,(H,40,42)(H,45,46)(H4,37,38,39). The highest BCUT2D eigenvalue weighted by Gasteiger charge is 2.69. The Balaban J connectivity index is 1.09. The van der Waals surface area contributed by atoms with Crippen molar-refractivity contribution in [2.24, 2.45) is 45.0 Å². The third-order valence-corrected chi connectivity index (χ3v) is 12.8. The van der Waals surface area contributed by atoms with Crippen molar-refractivity contribution in [3.8, 4) is 0 Å². The van der Waals surface area contributed by atoms with Gasteiger partial charge in [0.1, 0.15) is 12.1 Å². The largest absolute Gasteiger partial charge is 0.480 e. The first kappa shape index (κ1) is 36.8. The third kappa shape index (κ3) is 7.52. The minimum absolute atomic E-state index is 0.0120. The number of aliphatic imine (C=N–C) groups is 1. The van der Waals surface area contributed by atoms with Crippen LogP contribution in [0.4, 0.5) is 0 Å². The minimum Gasteiger partial charge on any atom is -0.480 e. The van der Waals surface area contributed by atoms with Crippen molar-refractivity contribution in [2.45, 2.75) is 134 Å². The molecule has 4 aliphatic carbocycles. The number of unbranched alkanes of at least 4 members (excludes halogenated alkanes) is 1. The van der Waals surface area contributed by atoms with E-state index in [1.807, 2.05) is 0 Å². The van der Waals surface area contributed by atoms with Gasteiger partial charge in [-0.1, -0.05) is 13.8 Å². The number of ether oxygens (including phenoxy) is 1. The highest BCUT2D eigenvalue weighted by Crippen LogP contribution is 2.70. The quantitative estimate of drug-likeness (QED) is 0.0765.